The van der Waals surface area contributed by atoms with Gasteiger partial charge in [0.05, 0.1) is 23.2 Å². The zero-order valence-electron chi connectivity index (χ0n) is 16.7. The highest BCUT2D eigenvalue weighted by molar-refractivity contribution is 6.17. The quantitative estimate of drug-likeness (QED) is 0.668. The predicted molar refractivity (Wildman–Crippen MR) is 111 cm³/mol. The van der Waals surface area contributed by atoms with Crippen molar-refractivity contribution >= 4 is 28.5 Å². The zero-order valence-corrected chi connectivity index (χ0v) is 16.7. The van der Waals surface area contributed by atoms with Gasteiger partial charge < -0.3 is 19.0 Å². The molecular formula is C23H20N2O5. The molecule has 30 heavy (non-hydrogen) atoms. The normalized spacial score (nSPS) is 19.8. The molecule has 0 N–H and O–H groups in total. The van der Waals surface area contributed by atoms with Crippen molar-refractivity contribution in [3.63, 3.8) is 0 Å². The zero-order chi connectivity index (χ0) is 21.0. The minimum absolute atomic E-state index is 0.0732. The molecule has 0 unspecified atom stereocenters. The van der Waals surface area contributed by atoms with E-state index < -0.39 is 11.4 Å². The fourth-order valence-electron chi connectivity index (χ4n) is 4.73. The fraction of sp³-hybridized carbons (Fsp3) is 0.261. The van der Waals surface area contributed by atoms with E-state index in [1.54, 1.807) is 35.2 Å². The van der Waals surface area contributed by atoms with Gasteiger partial charge in [-0.15, -0.1) is 0 Å². The molecule has 1 aromatic heterocycles. The Labute approximate surface area is 172 Å². The van der Waals surface area contributed by atoms with E-state index in [2.05, 4.69) is 0 Å². The SMILES string of the molecule is CCN1C(=O)[C@@]2(c3ccccc31)c1c(oc3ccccc3c1=O)C(=O)N2CCOC. The molecule has 0 saturated carbocycles. The van der Waals surface area contributed by atoms with Crippen LogP contribution >= 0.6 is 0 Å². The summed E-state index contributed by atoms with van der Waals surface area (Å²) in [5.74, 6) is -0.876. The van der Waals surface area contributed by atoms with Gasteiger partial charge in [0.2, 0.25) is 5.76 Å². The van der Waals surface area contributed by atoms with Gasteiger partial charge in [0.25, 0.3) is 11.8 Å². The molecule has 3 heterocycles. The first-order valence-corrected chi connectivity index (χ1v) is 9.86. The number of rotatable bonds is 4. The molecule has 0 radical (unpaired) electrons. The molecule has 2 aliphatic heterocycles. The smallest absolute Gasteiger partial charge is 0.291 e. The van der Waals surface area contributed by atoms with Gasteiger partial charge >= 0.3 is 0 Å². The van der Waals surface area contributed by atoms with Gasteiger partial charge in [-0.2, -0.15) is 0 Å². The number of carbonyl (C=O) groups is 2. The van der Waals surface area contributed by atoms with Crippen LogP contribution < -0.4 is 10.3 Å². The number of nitrogens with zero attached hydrogens (tertiary/aromatic N) is 2. The summed E-state index contributed by atoms with van der Waals surface area (Å²) >= 11 is 0. The number of carbonyl (C=O) groups excluding carboxylic acids is 2. The third-order valence-corrected chi connectivity index (χ3v) is 5.98. The van der Waals surface area contributed by atoms with E-state index >= 15 is 0 Å². The van der Waals surface area contributed by atoms with Crippen LogP contribution in [0.25, 0.3) is 11.0 Å². The summed E-state index contributed by atoms with van der Waals surface area (Å²) < 4.78 is 11.1. The third kappa shape index (κ3) is 2.10. The first-order chi connectivity index (χ1) is 14.6. The second kappa shape index (κ2) is 6.53. The molecular weight excluding hydrogens is 384 g/mol. The van der Waals surface area contributed by atoms with Crippen molar-refractivity contribution in [2.75, 3.05) is 31.7 Å². The monoisotopic (exact) mass is 404 g/mol. The number of methoxy groups -OCH3 is 1. The molecule has 2 aromatic carbocycles. The van der Waals surface area contributed by atoms with Gasteiger partial charge in [0.1, 0.15) is 5.58 Å². The van der Waals surface area contributed by atoms with E-state index in [1.165, 1.54) is 12.0 Å². The summed E-state index contributed by atoms with van der Waals surface area (Å²) in [5, 5.41) is 0.345. The first kappa shape index (κ1) is 18.6. The second-order valence-electron chi connectivity index (χ2n) is 7.36. The Morgan fingerprint density at radius 1 is 1.03 bits per heavy atom. The van der Waals surface area contributed by atoms with Crippen LogP contribution in [-0.4, -0.2) is 43.5 Å². The molecule has 2 amide bonds. The number of fused-ring (bicyclic) bond motifs is 5. The number of hydrogen-bond acceptors (Lipinski definition) is 5. The van der Waals surface area contributed by atoms with E-state index in [0.717, 1.165) is 0 Å². The number of hydrogen-bond donors (Lipinski definition) is 0. The van der Waals surface area contributed by atoms with Crippen LogP contribution in [0.1, 0.15) is 28.6 Å². The van der Waals surface area contributed by atoms with E-state index in [0.29, 0.717) is 28.8 Å². The van der Waals surface area contributed by atoms with E-state index in [9.17, 15) is 14.4 Å². The highest BCUT2D eigenvalue weighted by atomic mass is 16.5. The molecule has 2 aliphatic rings. The van der Waals surface area contributed by atoms with Crippen molar-refractivity contribution < 1.29 is 18.7 Å². The Kier molecular flexibility index (Phi) is 4.04. The van der Waals surface area contributed by atoms with Crippen LogP contribution in [-0.2, 0) is 15.1 Å². The maximum Gasteiger partial charge on any atom is 0.291 e. The topological polar surface area (TPSA) is 80.1 Å². The van der Waals surface area contributed by atoms with Crippen LogP contribution in [0.3, 0.4) is 0 Å². The van der Waals surface area contributed by atoms with Gasteiger partial charge in [-0.05, 0) is 25.1 Å². The Balaban J connectivity index is 1.92. The van der Waals surface area contributed by atoms with E-state index in [1.807, 2.05) is 25.1 Å². The average molecular weight is 404 g/mol. The fourth-order valence-corrected chi connectivity index (χ4v) is 4.73. The summed E-state index contributed by atoms with van der Waals surface area (Å²) in [6, 6.07) is 14.1. The lowest BCUT2D eigenvalue weighted by Gasteiger charge is -2.34. The van der Waals surface area contributed by atoms with Crippen molar-refractivity contribution in [3.05, 3.63) is 75.6 Å². The number of anilines is 1. The highest BCUT2D eigenvalue weighted by Gasteiger charge is 2.64. The summed E-state index contributed by atoms with van der Waals surface area (Å²) in [7, 11) is 1.53. The minimum Gasteiger partial charge on any atom is -0.450 e. The lowest BCUT2D eigenvalue weighted by molar-refractivity contribution is -0.126. The summed E-state index contributed by atoms with van der Waals surface area (Å²) in [5.41, 5.74) is -0.188. The molecule has 7 heteroatoms. The van der Waals surface area contributed by atoms with Crippen LogP contribution in [0.15, 0.2) is 57.7 Å². The number of ether oxygens (including phenoxy) is 1. The van der Waals surface area contributed by atoms with Crippen LogP contribution in [0.5, 0.6) is 0 Å². The molecule has 0 bridgehead atoms. The van der Waals surface area contributed by atoms with Gasteiger partial charge in [-0.25, -0.2) is 0 Å². The molecule has 3 aromatic rings. The van der Waals surface area contributed by atoms with Crippen molar-refractivity contribution in [1.29, 1.82) is 0 Å². The average Bonchev–Trinajstić information content (AvgIpc) is 3.16. The van der Waals surface area contributed by atoms with Crippen molar-refractivity contribution in [2.24, 2.45) is 0 Å². The Morgan fingerprint density at radius 3 is 2.53 bits per heavy atom. The van der Waals surface area contributed by atoms with Crippen molar-refractivity contribution in [3.8, 4) is 0 Å². The predicted octanol–water partition coefficient (Wildman–Crippen LogP) is 2.51. The Morgan fingerprint density at radius 2 is 1.77 bits per heavy atom. The first-order valence-electron chi connectivity index (χ1n) is 9.86. The molecule has 7 nitrogen and oxygen atoms in total. The molecule has 0 fully saturated rings. The summed E-state index contributed by atoms with van der Waals surface area (Å²) in [6.45, 7) is 2.65. The lowest BCUT2D eigenvalue weighted by atomic mass is 9.84. The lowest BCUT2D eigenvalue weighted by Crippen LogP contribution is -2.54. The van der Waals surface area contributed by atoms with Crippen LogP contribution in [0.2, 0.25) is 0 Å². The van der Waals surface area contributed by atoms with E-state index in [4.69, 9.17) is 9.15 Å². The standard InChI is InChI=1S/C23H20N2O5/c1-3-24-16-10-6-5-9-15(16)23(22(24)28)18-19(26)14-8-4-7-11-17(14)30-20(18)21(27)25(23)12-13-29-2/h4-11H,3,12-13H2,1-2H3/t23-/m1/s1. The van der Waals surface area contributed by atoms with Gasteiger partial charge in [-0.1, -0.05) is 30.3 Å². The van der Waals surface area contributed by atoms with Gasteiger partial charge in [0, 0.05) is 25.8 Å². The van der Waals surface area contributed by atoms with Gasteiger partial charge in [0.15, 0.2) is 11.0 Å². The summed E-state index contributed by atoms with van der Waals surface area (Å²) in [6.07, 6.45) is 0. The highest BCUT2D eigenvalue weighted by Crippen LogP contribution is 2.52. The van der Waals surface area contributed by atoms with E-state index in [-0.39, 0.29) is 35.8 Å². The summed E-state index contributed by atoms with van der Waals surface area (Å²) in [4.78, 5) is 44.1. The number of para-hydroxylation sites is 2. The third-order valence-electron chi connectivity index (χ3n) is 5.98. The van der Waals surface area contributed by atoms with Crippen molar-refractivity contribution in [2.45, 2.75) is 12.5 Å². The Hall–Kier alpha value is -3.45. The minimum atomic E-state index is -1.55. The number of benzene rings is 2. The van der Waals surface area contributed by atoms with Crippen molar-refractivity contribution in [1.82, 2.24) is 4.90 Å². The maximum atomic E-state index is 13.9. The largest absolute Gasteiger partial charge is 0.450 e. The Bertz CT molecular complexity index is 1260. The maximum absolute atomic E-state index is 13.9. The molecule has 0 aliphatic carbocycles. The number of likely N-dealkylation sites (N-methyl/N-ethyl adjacent to an activating group) is 1. The molecule has 1 spiro atoms. The second-order valence-corrected chi connectivity index (χ2v) is 7.36. The molecule has 1 atom stereocenters. The van der Waals surface area contributed by atoms with Gasteiger partial charge in [-0.3, -0.25) is 14.4 Å². The molecule has 152 valence electrons. The number of amides is 2. The molecule has 0 saturated heterocycles. The molecule has 5 rings (SSSR count). The van der Waals surface area contributed by atoms with Crippen LogP contribution in [0.4, 0.5) is 5.69 Å². The van der Waals surface area contributed by atoms with Crippen LogP contribution in [0, 0.1) is 0 Å².